The molecule has 3 heterocycles. The predicted molar refractivity (Wildman–Crippen MR) is 110 cm³/mol. The molecular formula is C20H29N7O2. The Morgan fingerprint density at radius 1 is 1.34 bits per heavy atom. The van der Waals surface area contributed by atoms with Crippen LogP contribution in [-0.2, 0) is 6.54 Å². The van der Waals surface area contributed by atoms with Crippen molar-refractivity contribution in [2.24, 2.45) is 11.3 Å². The van der Waals surface area contributed by atoms with Gasteiger partial charge >= 0.3 is 6.09 Å². The van der Waals surface area contributed by atoms with Crippen molar-refractivity contribution in [1.29, 1.82) is 0 Å². The number of hydrogen-bond donors (Lipinski definition) is 4. The Balaban J connectivity index is 1.39. The van der Waals surface area contributed by atoms with Crippen LogP contribution in [0.4, 0.5) is 4.79 Å². The SMILES string of the molecule is CC(C)(C)C(NC(=O)O)C1CCC(NCc2c[nH]c3ncc4nncn4c23)CC1. The minimum absolute atomic E-state index is 0.0253. The smallest absolute Gasteiger partial charge is 0.404 e. The number of nitrogens with zero attached hydrogens (tertiary/aromatic N) is 4. The molecule has 1 amide bonds. The summed E-state index contributed by atoms with van der Waals surface area (Å²) < 4.78 is 1.96. The maximum absolute atomic E-state index is 11.2. The Morgan fingerprint density at radius 2 is 2.10 bits per heavy atom. The van der Waals surface area contributed by atoms with Crippen LogP contribution in [0.25, 0.3) is 16.8 Å². The number of aromatic amines is 1. The quantitative estimate of drug-likeness (QED) is 0.524. The Labute approximate surface area is 169 Å². The topological polar surface area (TPSA) is 120 Å². The standard InChI is InChI=1S/C20H29N7O2/c1-20(2,3)17(25-19(28)29)12-4-6-14(7-5-12)21-8-13-9-22-18-16(13)27-11-24-26-15(27)10-23-18/h9-12,14,17,21-22,25H,4-8H2,1-3H3,(H,28,29). The van der Waals surface area contributed by atoms with Gasteiger partial charge in [0.2, 0.25) is 0 Å². The van der Waals surface area contributed by atoms with Gasteiger partial charge in [0.1, 0.15) is 6.33 Å². The van der Waals surface area contributed by atoms with E-state index in [2.05, 4.69) is 51.6 Å². The summed E-state index contributed by atoms with van der Waals surface area (Å²) in [5, 5.41) is 23.7. The maximum atomic E-state index is 11.2. The van der Waals surface area contributed by atoms with Crippen LogP contribution < -0.4 is 10.6 Å². The second kappa shape index (κ2) is 7.62. The molecule has 1 fully saturated rings. The summed E-state index contributed by atoms with van der Waals surface area (Å²) in [4.78, 5) is 18.9. The number of fused-ring (bicyclic) bond motifs is 3. The fourth-order valence-electron chi connectivity index (χ4n) is 4.66. The van der Waals surface area contributed by atoms with Crippen molar-refractivity contribution in [3.8, 4) is 0 Å². The number of carbonyl (C=O) groups is 1. The lowest BCUT2D eigenvalue weighted by atomic mass is 9.72. The zero-order valence-electron chi connectivity index (χ0n) is 17.1. The van der Waals surface area contributed by atoms with Crippen molar-refractivity contribution in [2.45, 2.75) is 65.1 Å². The summed E-state index contributed by atoms with van der Waals surface area (Å²) in [6.07, 6.45) is 8.60. The van der Waals surface area contributed by atoms with Crippen LogP contribution in [0.1, 0.15) is 52.0 Å². The molecule has 1 atom stereocenters. The van der Waals surface area contributed by atoms with Gasteiger partial charge in [0.05, 0.1) is 11.7 Å². The lowest BCUT2D eigenvalue weighted by Gasteiger charge is -2.40. The van der Waals surface area contributed by atoms with E-state index < -0.39 is 6.09 Å². The number of rotatable bonds is 5. The van der Waals surface area contributed by atoms with Gasteiger partial charge in [-0.2, -0.15) is 0 Å². The van der Waals surface area contributed by atoms with Crippen molar-refractivity contribution in [1.82, 2.24) is 35.2 Å². The van der Waals surface area contributed by atoms with Crippen LogP contribution in [0.5, 0.6) is 0 Å². The molecule has 3 aromatic heterocycles. The normalized spacial score (nSPS) is 21.5. The van der Waals surface area contributed by atoms with Gasteiger partial charge in [-0.05, 0) is 37.0 Å². The fraction of sp³-hybridized carbons (Fsp3) is 0.600. The highest BCUT2D eigenvalue weighted by atomic mass is 16.4. The zero-order chi connectivity index (χ0) is 20.6. The number of H-pyrrole nitrogens is 1. The average molecular weight is 399 g/mol. The first kappa shape index (κ1) is 19.6. The van der Waals surface area contributed by atoms with Gasteiger partial charge < -0.3 is 20.7 Å². The third kappa shape index (κ3) is 4.05. The monoisotopic (exact) mass is 399 g/mol. The van der Waals surface area contributed by atoms with E-state index in [1.165, 1.54) is 0 Å². The molecular weight excluding hydrogens is 370 g/mol. The maximum Gasteiger partial charge on any atom is 0.404 e. The first-order chi connectivity index (χ1) is 13.8. The molecule has 9 heteroatoms. The van der Waals surface area contributed by atoms with E-state index in [4.69, 9.17) is 0 Å². The molecule has 0 spiro atoms. The van der Waals surface area contributed by atoms with Gasteiger partial charge in [-0.3, -0.25) is 4.40 Å². The first-order valence-corrected chi connectivity index (χ1v) is 10.2. The van der Waals surface area contributed by atoms with Crippen molar-refractivity contribution < 1.29 is 9.90 Å². The number of nitrogens with one attached hydrogen (secondary N) is 3. The lowest BCUT2D eigenvalue weighted by Crippen LogP contribution is -2.50. The molecule has 1 aliphatic carbocycles. The molecule has 156 valence electrons. The van der Waals surface area contributed by atoms with Gasteiger partial charge in [0.25, 0.3) is 0 Å². The van der Waals surface area contributed by atoms with Crippen LogP contribution in [-0.4, -0.2) is 47.8 Å². The number of carboxylic acid groups (broad SMARTS) is 1. The lowest BCUT2D eigenvalue weighted by molar-refractivity contribution is 0.129. The Kier molecular flexibility index (Phi) is 5.16. The van der Waals surface area contributed by atoms with Crippen LogP contribution >= 0.6 is 0 Å². The van der Waals surface area contributed by atoms with Gasteiger partial charge in [-0.1, -0.05) is 20.8 Å². The molecule has 4 rings (SSSR count). The summed E-state index contributed by atoms with van der Waals surface area (Å²) in [7, 11) is 0. The van der Waals surface area contributed by atoms with E-state index in [1.54, 1.807) is 12.5 Å². The number of amides is 1. The third-order valence-corrected chi connectivity index (χ3v) is 6.07. The first-order valence-electron chi connectivity index (χ1n) is 10.2. The highest BCUT2D eigenvalue weighted by Gasteiger charge is 2.35. The van der Waals surface area contributed by atoms with Crippen LogP contribution in [0.15, 0.2) is 18.7 Å². The molecule has 29 heavy (non-hydrogen) atoms. The van der Waals surface area contributed by atoms with E-state index >= 15 is 0 Å². The number of aromatic nitrogens is 5. The molecule has 0 saturated heterocycles. The fourth-order valence-corrected chi connectivity index (χ4v) is 4.66. The molecule has 0 bridgehead atoms. The van der Waals surface area contributed by atoms with Gasteiger partial charge in [0.15, 0.2) is 11.3 Å². The average Bonchev–Trinajstić information content (AvgIpc) is 3.30. The van der Waals surface area contributed by atoms with Crippen LogP contribution in [0.3, 0.4) is 0 Å². The molecule has 0 radical (unpaired) electrons. The van der Waals surface area contributed by atoms with E-state index in [1.807, 2.05) is 10.6 Å². The second-order valence-electron chi connectivity index (χ2n) is 9.11. The Hall–Kier alpha value is -2.68. The van der Waals surface area contributed by atoms with Gasteiger partial charge in [0, 0.05) is 30.4 Å². The minimum atomic E-state index is -0.932. The van der Waals surface area contributed by atoms with Crippen molar-refractivity contribution in [2.75, 3.05) is 0 Å². The van der Waals surface area contributed by atoms with Crippen molar-refractivity contribution in [3.63, 3.8) is 0 Å². The summed E-state index contributed by atoms with van der Waals surface area (Å²) in [5.41, 5.74) is 3.61. The molecule has 0 aromatic carbocycles. The summed E-state index contributed by atoms with van der Waals surface area (Å²) in [6, 6.07) is 0.400. The molecule has 3 aromatic rings. The molecule has 1 saturated carbocycles. The molecule has 9 nitrogen and oxygen atoms in total. The van der Waals surface area contributed by atoms with Crippen molar-refractivity contribution in [3.05, 3.63) is 24.3 Å². The molecule has 1 aliphatic rings. The third-order valence-electron chi connectivity index (χ3n) is 6.07. The highest BCUT2D eigenvalue weighted by Crippen LogP contribution is 2.35. The minimum Gasteiger partial charge on any atom is -0.465 e. The molecule has 4 N–H and O–H groups in total. The van der Waals surface area contributed by atoms with Gasteiger partial charge in [-0.15, -0.1) is 10.2 Å². The highest BCUT2D eigenvalue weighted by molar-refractivity contribution is 5.78. The second-order valence-corrected chi connectivity index (χ2v) is 9.11. The van der Waals surface area contributed by atoms with Crippen LogP contribution in [0, 0.1) is 11.3 Å². The Morgan fingerprint density at radius 3 is 2.79 bits per heavy atom. The number of hydrogen-bond acceptors (Lipinski definition) is 5. The molecule has 1 unspecified atom stereocenters. The van der Waals surface area contributed by atoms with Crippen LogP contribution in [0.2, 0.25) is 0 Å². The van der Waals surface area contributed by atoms with Gasteiger partial charge in [-0.25, -0.2) is 9.78 Å². The van der Waals surface area contributed by atoms with E-state index in [0.717, 1.165) is 54.6 Å². The van der Waals surface area contributed by atoms with Crippen molar-refractivity contribution >= 4 is 22.9 Å². The van der Waals surface area contributed by atoms with E-state index in [9.17, 15) is 9.90 Å². The Bertz CT molecular complexity index is 995. The summed E-state index contributed by atoms with van der Waals surface area (Å²) in [6.45, 7) is 7.06. The molecule has 0 aliphatic heterocycles. The van der Waals surface area contributed by atoms with E-state index in [0.29, 0.717) is 12.0 Å². The largest absolute Gasteiger partial charge is 0.465 e. The summed E-state index contributed by atoms with van der Waals surface area (Å²) >= 11 is 0. The van der Waals surface area contributed by atoms with E-state index in [-0.39, 0.29) is 11.5 Å². The zero-order valence-corrected chi connectivity index (χ0v) is 17.1. The predicted octanol–water partition coefficient (Wildman–Crippen LogP) is 2.94. The summed E-state index contributed by atoms with van der Waals surface area (Å²) in [5.74, 6) is 0.373.